The van der Waals surface area contributed by atoms with Crippen molar-refractivity contribution < 1.29 is 14.0 Å². The standard InChI is InChI=1S/C19H13NO3/c21-12-16-9-10-18(23-16)13-5-7-15(8-6-13)20-11-14-3-1-2-4-17(14)19(20)22/h1-10,12H,11H2. The number of aldehydes is 1. The van der Waals surface area contributed by atoms with Crippen LogP contribution in [-0.2, 0) is 6.54 Å². The second kappa shape index (κ2) is 5.25. The van der Waals surface area contributed by atoms with Crippen molar-refractivity contribution >= 4 is 17.9 Å². The van der Waals surface area contributed by atoms with Crippen LogP contribution in [0.15, 0.2) is 65.1 Å². The topological polar surface area (TPSA) is 50.5 Å². The van der Waals surface area contributed by atoms with Crippen LogP contribution in [-0.4, -0.2) is 12.2 Å². The lowest BCUT2D eigenvalue weighted by molar-refractivity contribution is 0.0996. The molecule has 3 aromatic rings. The van der Waals surface area contributed by atoms with E-state index in [1.54, 1.807) is 17.0 Å². The fraction of sp³-hybridized carbons (Fsp3) is 0.0526. The van der Waals surface area contributed by atoms with Gasteiger partial charge in [0.25, 0.3) is 5.91 Å². The summed E-state index contributed by atoms with van der Waals surface area (Å²) in [5, 5.41) is 0. The summed E-state index contributed by atoms with van der Waals surface area (Å²) < 4.78 is 5.41. The van der Waals surface area contributed by atoms with Crippen molar-refractivity contribution in [3.05, 3.63) is 77.6 Å². The van der Waals surface area contributed by atoms with Crippen molar-refractivity contribution in [3.8, 4) is 11.3 Å². The first-order valence-electron chi connectivity index (χ1n) is 7.31. The Labute approximate surface area is 133 Å². The number of benzene rings is 2. The highest BCUT2D eigenvalue weighted by atomic mass is 16.3. The number of furan rings is 1. The van der Waals surface area contributed by atoms with Crippen LogP contribution in [0.1, 0.15) is 26.5 Å². The SMILES string of the molecule is O=Cc1ccc(-c2ccc(N3Cc4ccccc4C3=O)cc2)o1. The van der Waals surface area contributed by atoms with Gasteiger partial charge in [-0.05, 0) is 48.0 Å². The average Bonchev–Trinajstić information content (AvgIpc) is 3.20. The van der Waals surface area contributed by atoms with E-state index in [-0.39, 0.29) is 5.91 Å². The number of nitrogens with zero attached hydrogens (tertiary/aromatic N) is 1. The van der Waals surface area contributed by atoms with Gasteiger partial charge in [-0.15, -0.1) is 0 Å². The third-order valence-electron chi connectivity index (χ3n) is 4.03. The fourth-order valence-corrected chi connectivity index (χ4v) is 2.84. The van der Waals surface area contributed by atoms with Crippen molar-refractivity contribution in [1.82, 2.24) is 0 Å². The molecule has 0 bridgehead atoms. The van der Waals surface area contributed by atoms with Crippen LogP contribution in [0, 0.1) is 0 Å². The summed E-state index contributed by atoms with van der Waals surface area (Å²) in [6, 6.07) is 18.6. The molecule has 0 saturated heterocycles. The maximum absolute atomic E-state index is 12.5. The van der Waals surface area contributed by atoms with E-state index in [1.165, 1.54) is 0 Å². The van der Waals surface area contributed by atoms with Gasteiger partial charge in [0.15, 0.2) is 12.0 Å². The average molecular weight is 303 g/mol. The van der Waals surface area contributed by atoms with Crippen molar-refractivity contribution in [3.63, 3.8) is 0 Å². The molecule has 23 heavy (non-hydrogen) atoms. The van der Waals surface area contributed by atoms with Crippen LogP contribution < -0.4 is 4.90 Å². The smallest absolute Gasteiger partial charge is 0.258 e. The summed E-state index contributed by atoms with van der Waals surface area (Å²) in [6.45, 7) is 0.588. The maximum atomic E-state index is 12.5. The second-order valence-electron chi connectivity index (χ2n) is 5.42. The summed E-state index contributed by atoms with van der Waals surface area (Å²) in [7, 11) is 0. The molecule has 2 aromatic carbocycles. The van der Waals surface area contributed by atoms with Gasteiger partial charge in [0, 0.05) is 16.8 Å². The molecule has 0 aliphatic carbocycles. The van der Waals surface area contributed by atoms with Crippen LogP contribution in [0.3, 0.4) is 0 Å². The number of hydrogen-bond acceptors (Lipinski definition) is 3. The molecular weight excluding hydrogens is 290 g/mol. The van der Waals surface area contributed by atoms with Gasteiger partial charge >= 0.3 is 0 Å². The zero-order valence-corrected chi connectivity index (χ0v) is 12.2. The number of carbonyl (C=O) groups is 2. The Balaban J connectivity index is 1.62. The molecule has 1 aliphatic rings. The zero-order valence-electron chi connectivity index (χ0n) is 12.2. The first-order valence-corrected chi connectivity index (χ1v) is 7.31. The minimum absolute atomic E-state index is 0.0228. The number of fused-ring (bicyclic) bond motifs is 1. The molecule has 1 aromatic heterocycles. The van der Waals surface area contributed by atoms with Gasteiger partial charge in [-0.1, -0.05) is 18.2 Å². The number of hydrogen-bond donors (Lipinski definition) is 0. The van der Waals surface area contributed by atoms with E-state index in [0.717, 1.165) is 22.4 Å². The van der Waals surface area contributed by atoms with E-state index >= 15 is 0 Å². The molecule has 0 N–H and O–H groups in total. The third kappa shape index (κ3) is 2.25. The molecule has 0 unspecified atom stereocenters. The summed E-state index contributed by atoms with van der Waals surface area (Å²) >= 11 is 0. The van der Waals surface area contributed by atoms with Crippen molar-refractivity contribution in [1.29, 1.82) is 0 Å². The molecule has 4 nitrogen and oxygen atoms in total. The molecule has 0 radical (unpaired) electrons. The first kappa shape index (κ1) is 13.5. The van der Waals surface area contributed by atoms with E-state index in [9.17, 15) is 9.59 Å². The molecule has 1 amide bonds. The summed E-state index contributed by atoms with van der Waals surface area (Å²) in [6.07, 6.45) is 0.679. The summed E-state index contributed by atoms with van der Waals surface area (Å²) in [4.78, 5) is 24.9. The molecule has 0 fully saturated rings. The Morgan fingerprint density at radius 2 is 1.74 bits per heavy atom. The zero-order chi connectivity index (χ0) is 15.8. The Morgan fingerprint density at radius 1 is 0.957 bits per heavy atom. The molecule has 4 rings (SSSR count). The molecule has 0 spiro atoms. The van der Waals surface area contributed by atoms with Crippen LogP contribution in [0.5, 0.6) is 0 Å². The largest absolute Gasteiger partial charge is 0.453 e. The van der Waals surface area contributed by atoms with Crippen molar-refractivity contribution in [2.75, 3.05) is 4.90 Å². The predicted octanol–water partition coefficient (Wildman–Crippen LogP) is 3.92. The lowest BCUT2D eigenvalue weighted by atomic mass is 10.1. The monoisotopic (exact) mass is 303 g/mol. The highest BCUT2D eigenvalue weighted by molar-refractivity contribution is 6.10. The van der Waals surface area contributed by atoms with Crippen LogP contribution in [0.2, 0.25) is 0 Å². The molecule has 2 heterocycles. The van der Waals surface area contributed by atoms with Crippen LogP contribution in [0.25, 0.3) is 11.3 Å². The van der Waals surface area contributed by atoms with Crippen LogP contribution in [0.4, 0.5) is 5.69 Å². The number of anilines is 1. The highest BCUT2D eigenvalue weighted by Gasteiger charge is 2.27. The van der Waals surface area contributed by atoms with Crippen molar-refractivity contribution in [2.24, 2.45) is 0 Å². The van der Waals surface area contributed by atoms with Gasteiger partial charge in [0.1, 0.15) is 5.76 Å². The molecule has 0 saturated carbocycles. The highest BCUT2D eigenvalue weighted by Crippen LogP contribution is 2.30. The van der Waals surface area contributed by atoms with E-state index < -0.39 is 0 Å². The fourth-order valence-electron chi connectivity index (χ4n) is 2.84. The van der Waals surface area contributed by atoms with E-state index in [4.69, 9.17) is 4.42 Å². The molecule has 0 atom stereocenters. The third-order valence-corrected chi connectivity index (χ3v) is 4.03. The Kier molecular flexibility index (Phi) is 3.08. The summed E-state index contributed by atoms with van der Waals surface area (Å²) in [5.41, 5.74) is 3.52. The van der Waals surface area contributed by atoms with E-state index in [0.29, 0.717) is 24.4 Å². The minimum atomic E-state index is 0.0228. The molecular formula is C19H13NO3. The van der Waals surface area contributed by atoms with Gasteiger partial charge in [0.05, 0.1) is 6.54 Å². The normalized spacial score (nSPS) is 13.2. The van der Waals surface area contributed by atoms with E-state index in [1.807, 2.05) is 48.5 Å². The molecule has 4 heteroatoms. The van der Waals surface area contributed by atoms with Gasteiger partial charge in [-0.2, -0.15) is 0 Å². The number of rotatable bonds is 3. The summed E-state index contributed by atoms with van der Waals surface area (Å²) in [5.74, 6) is 0.957. The minimum Gasteiger partial charge on any atom is -0.453 e. The van der Waals surface area contributed by atoms with Crippen LogP contribution >= 0.6 is 0 Å². The Morgan fingerprint density at radius 3 is 2.43 bits per heavy atom. The maximum Gasteiger partial charge on any atom is 0.258 e. The molecule has 112 valence electrons. The molecule has 1 aliphatic heterocycles. The van der Waals surface area contributed by atoms with Gasteiger partial charge in [0.2, 0.25) is 0 Å². The second-order valence-corrected chi connectivity index (χ2v) is 5.42. The first-order chi connectivity index (χ1) is 11.3. The van der Waals surface area contributed by atoms with Gasteiger partial charge in [-0.3, -0.25) is 9.59 Å². The predicted molar refractivity (Wildman–Crippen MR) is 86.5 cm³/mol. The van der Waals surface area contributed by atoms with E-state index in [2.05, 4.69) is 0 Å². The lowest BCUT2D eigenvalue weighted by Crippen LogP contribution is -2.22. The lowest BCUT2D eigenvalue weighted by Gasteiger charge is -2.15. The number of carbonyl (C=O) groups excluding carboxylic acids is 2. The van der Waals surface area contributed by atoms with Gasteiger partial charge in [-0.25, -0.2) is 0 Å². The Bertz CT molecular complexity index is 893. The number of amides is 1. The van der Waals surface area contributed by atoms with Crippen molar-refractivity contribution in [2.45, 2.75) is 6.54 Å². The van der Waals surface area contributed by atoms with Gasteiger partial charge < -0.3 is 9.32 Å². The Hall–Kier alpha value is -3.14. The quantitative estimate of drug-likeness (QED) is 0.689.